The van der Waals surface area contributed by atoms with Crippen molar-refractivity contribution >= 4 is 40.1 Å². The molecule has 0 aliphatic carbocycles. The van der Waals surface area contributed by atoms with Gasteiger partial charge < -0.3 is 15.4 Å². The molecular weight excluding hydrogens is 446 g/mol. The van der Waals surface area contributed by atoms with Crippen molar-refractivity contribution in [2.45, 2.75) is 0 Å². The number of carbonyl (C=O) groups excluding carboxylic acids is 1. The molecule has 1 amide bonds. The Morgan fingerprint density at radius 1 is 0.722 bits per heavy atom. The van der Waals surface area contributed by atoms with Gasteiger partial charge in [0.2, 0.25) is 0 Å². The molecule has 0 saturated heterocycles. The minimum atomic E-state index is -0.142. The summed E-state index contributed by atoms with van der Waals surface area (Å²) in [4.78, 5) is 17.0. The van der Waals surface area contributed by atoms with Crippen molar-refractivity contribution < 1.29 is 9.53 Å². The van der Waals surface area contributed by atoms with Crippen LogP contribution in [0, 0.1) is 0 Å². The summed E-state index contributed by atoms with van der Waals surface area (Å²) >= 11 is 0. The predicted octanol–water partition coefficient (Wildman–Crippen LogP) is 7.54. The Bertz CT molecular complexity index is 1510. The maximum absolute atomic E-state index is 12.6. The van der Waals surface area contributed by atoms with E-state index in [1.54, 1.807) is 0 Å². The molecule has 0 aliphatic rings. The Balaban J connectivity index is 1.22. The average molecular weight is 472 g/mol. The highest BCUT2D eigenvalue weighted by molar-refractivity contribution is 6.06. The number of anilines is 2. The molecule has 0 aromatic heterocycles. The van der Waals surface area contributed by atoms with Gasteiger partial charge in [-0.1, -0.05) is 54.6 Å². The molecule has 5 aromatic carbocycles. The molecule has 0 bridgehead atoms. The van der Waals surface area contributed by atoms with Gasteiger partial charge in [-0.25, -0.2) is 4.99 Å². The van der Waals surface area contributed by atoms with E-state index in [0.717, 1.165) is 39.0 Å². The Hall–Kier alpha value is -4.90. The molecule has 0 saturated carbocycles. The summed E-state index contributed by atoms with van der Waals surface area (Å²) in [6, 6.07) is 37.1. The number of para-hydroxylation sites is 1. The van der Waals surface area contributed by atoms with Crippen LogP contribution in [0.1, 0.15) is 10.4 Å². The summed E-state index contributed by atoms with van der Waals surface area (Å²) in [6.45, 7) is 0. The van der Waals surface area contributed by atoms with E-state index in [-0.39, 0.29) is 5.91 Å². The van der Waals surface area contributed by atoms with E-state index in [0.29, 0.717) is 11.3 Å². The molecule has 0 heterocycles. The van der Waals surface area contributed by atoms with Crippen LogP contribution in [0.3, 0.4) is 0 Å². The van der Waals surface area contributed by atoms with Crippen LogP contribution in [0.2, 0.25) is 0 Å². The van der Waals surface area contributed by atoms with Crippen LogP contribution in [-0.4, -0.2) is 19.4 Å². The smallest absolute Gasteiger partial charge is 0.255 e. The second-order valence-corrected chi connectivity index (χ2v) is 8.27. The largest absolute Gasteiger partial charge is 0.446 e. The van der Waals surface area contributed by atoms with Gasteiger partial charge in [0.15, 0.2) is 6.40 Å². The fraction of sp³-hybridized carbons (Fsp3) is 0.0323. The number of hydrogen-bond donors (Lipinski definition) is 2. The van der Waals surface area contributed by atoms with Gasteiger partial charge in [0.25, 0.3) is 5.91 Å². The van der Waals surface area contributed by atoms with Crippen LogP contribution in [0.5, 0.6) is 5.75 Å². The lowest BCUT2D eigenvalue weighted by Gasteiger charge is -2.07. The molecular formula is C31H25N3O2. The number of amides is 1. The Morgan fingerprint density at radius 3 is 2.11 bits per heavy atom. The van der Waals surface area contributed by atoms with E-state index in [4.69, 9.17) is 4.74 Å². The summed E-state index contributed by atoms with van der Waals surface area (Å²) in [5, 5.41) is 7.97. The topological polar surface area (TPSA) is 62.7 Å². The monoisotopic (exact) mass is 471 g/mol. The van der Waals surface area contributed by atoms with Gasteiger partial charge >= 0.3 is 0 Å². The molecule has 0 fully saturated rings. The third-order valence-corrected chi connectivity index (χ3v) is 5.87. The molecule has 5 nitrogen and oxygen atoms in total. The van der Waals surface area contributed by atoms with Crippen molar-refractivity contribution in [3.05, 3.63) is 121 Å². The first-order chi connectivity index (χ1) is 17.7. The second-order valence-electron chi connectivity index (χ2n) is 8.27. The number of aliphatic imine (C=N–C) groups is 1. The SMILES string of the molecule is CNc1ccc(-c2ccc(/N=C\Oc3ccc4cc(C(=O)Nc5ccccc5)ccc4c3)cc2)cc1. The highest BCUT2D eigenvalue weighted by Crippen LogP contribution is 2.25. The number of hydrogen-bond acceptors (Lipinski definition) is 4. The van der Waals surface area contributed by atoms with Crippen LogP contribution in [0.4, 0.5) is 17.1 Å². The zero-order valence-electron chi connectivity index (χ0n) is 19.8. The maximum Gasteiger partial charge on any atom is 0.255 e. The molecule has 5 heteroatoms. The number of rotatable bonds is 7. The number of nitrogens with zero attached hydrogens (tertiary/aromatic N) is 1. The Kier molecular flexibility index (Phi) is 6.72. The lowest BCUT2D eigenvalue weighted by Crippen LogP contribution is -2.11. The highest BCUT2D eigenvalue weighted by Gasteiger charge is 2.07. The highest BCUT2D eigenvalue weighted by atomic mass is 16.5. The summed E-state index contributed by atoms with van der Waals surface area (Å²) in [7, 11) is 1.91. The summed E-state index contributed by atoms with van der Waals surface area (Å²) in [5.74, 6) is 0.533. The van der Waals surface area contributed by atoms with Crippen LogP contribution in [0.15, 0.2) is 120 Å². The minimum Gasteiger partial charge on any atom is -0.446 e. The van der Waals surface area contributed by atoms with Crippen LogP contribution < -0.4 is 15.4 Å². The van der Waals surface area contributed by atoms with Gasteiger partial charge in [0.1, 0.15) is 5.75 Å². The number of benzene rings is 5. The molecule has 0 aliphatic heterocycles. The summed E-state index contributed by atoms with van der Waals surface area (Å²) in [5.41, 5.74) is 5.54. The average Bonchev–Trinajstić information content (AvgIpc) is 2.94. The van der Waals surface area contributed by atoms with E-state index in [2.05, 4.69) is 39.9 Å². The first-order valence-corrected chi connectivity index (χ1v) is 11.7. The second kappa shape index (κ2) is 10.6. The van der Waals surface area contributed by atoms with Crippen molar-refractivity contribution in [3.63, 3.8) is 0 Å². The first-order valence-electron chi connectivity index (χ1n) is 11.7. The van der Waals surface area contributed by atoms with Crippen molar-refractivity contribution in [3.8, 4) is 16.9 Å². The van der Waals surface area contributed by atoms with Gasteiger partial charge in [-0.3, -0.25) is 4.79 Å². The molecule has 0 radical (unpaired) electrons. The number of fused-ring (bicyclic) bond motifs is 1. The van der Waals surface area contributed by atoms with Crippen molar-refractivity contribution in [1.29, 1.82) is 0 Å². The fourth-order valence-electron chi connectivity index (χ4n) is 3.88. The molecule has 0 unspecified atom stereocenters. The van der Waals surface area contributed by atoms with Gasteiger partial charge in [-0.15, -0.1) is 0 Å². The van der Waals surface area contributed by atoms with E-state index in [9.17, 15) is 4.79 Å². The quantitative estimate of drug-likeness (QED) is 0.190. The molecule has 0 spiro atoms. The lowest BCUT2D eigenvalue weighted by atomic mass is 10.1. The minimum absolute atomic E-state index is 0.142. The predicted molar refractivity (Wildman–Crippen MR) is 149 cm³/mol. The van der Waals surface area contributed by atoms with Crippen molar-refractivity contribution in [2.24, 2.45) is 4.99 Å². The maximum atomic E-state index is 12.6. The zero-order chi connectivity index (χ0) is 24.7. The van der Waals surface area contributed by atoms with Gasteiger partial charge in [0.05, 0.1) is 5.69 Å². The Morgan fingerprint density at radius 2 is 1.39 bits per heavy atom. The molecule has 0 atom stereocenters. The van der Waals surface area contributed by atoms with Crippen molar-refractivity contribution in [1.82, 2.24) is 0 Å². The van der Waals surface area contributed by atoms with Crippen molar-refractivity contribution in [2.75, 3.05) is 17.7 Å². The molecule has 36 heavy (non-hydrogen) atoms. The van der Waals surface area contributed by atoms with Gasteiger partial charge in [0, 0.05) is 24.0 Å². The fourth-order valence-corrected chi connectivity index (χ4v) is 3.88. The normalized spacial score (nSPS) is 10.9. The number of carbonyl (C=O) groups is 1. The molecule has 2 N–H and O–H groups in total. The lowest BCUT2D eigenvalue weighted by molar-refractivity contribution is 0.102. The van der Waals surface area contributed by atoms with E-state index >= 15 is 0 Å². The molecule has 5 aromatic rings. The third-order valence-electron chi connectivity index (χ3n) is 5.87. The molecule has 176 valence electrons. The van der Waals surface area contributed by atoms with Crippen LogP contribution in [-0.2, 0) is 0 Å². The van der Waals surface area contributed by atoms with E-state index in [1.807, 2.05) is 98.0 Å². The van der Waals surface area contributed by atoms with Crippen LogP contribution in [0.25, 0.3) is 21.9 Å². The third kappa shape index (κ3) is 5.42. The first kappa shape index (κ1) is 22.9. The number of ether oxygens (including phenoxy) is 1. The molecule has 5 rings (SSSR count). The van der Waals surface area contributed by atoms with Gasteiger partial charge in [-0.05, 0) is 82.6 Å². The van der Waals surface area contributed by atoms with Crippen LogP contribution >= 0.6 is 0 Å². The van der Waals surface area contributed by atoms with Gasteiger partial charge in [-0.2, -0.15) is 0 Å². The number of nitrogens with one attached hydrogen (secondary N) is 2. The summed E-state index contributed by atoms with van der Waals surface area (Å²) in [6.07, 6.45) is 1.44. The summed E-state index contributed by atoms with van der Waals surface area (Å²) < 4.78 is 5.74. The zero-order valence-corrected chi connectivity index (χ0v) is 19.8. The standard InChI is InChI=1S/C31H25N3O2/c1-32-27-14-9-22(10-15-27)23-11-16-28(17-12-23)33-21-36-30-18-13-24-19-26(8-7-25(24)20-30)31(35)34-29-5-3-2-4-6-29/h2-21,32H,1H3,(H,34,35)/b33-21-. The van der Waals surface area contributed by atoms with E-state index < -0.39 is 0 Å². The Labute approximate surface area is 210 Å². The van der Waals surface area contributed by atoms with E-state index in [1.165, 1.54) is 6.40 Å².